The number of nitrogens with zero attached hydrogens (tertiary/aromatic N) is 1. The number of rotatable bonds is 9. The predicted octanol–water partition coefficient (Wildman–Crippen LogP) is 6.37. The number of benzene rings is 1. The van der Waals surface area contributed by atoms with Crippen molar-refractivity contribution in [2.75, 3.05) is 12.3 Å². The Labute approximate surface area is 167 Å². The average molecular weight is 390 g/mol. The molecule has 1 saturated heterocycles. The first-order valence-electron chi connectivity index (χ1n) is 9.06. The van der Waals surface area contributed by atoms with Crippen molar-refractivity contribution in [2.45, 2.75) is 38.6 Å². The van der Waals surface area contributed by atoms with Crippen LogP contribution in [0.25, 0.3) is 0 Å². The number of hydrogen-bond donors (Lipinski definition) is 1. The van der Waals surface area contributed by atoms with Gasteiger partial charge in [-0.3, -0.25) is 0 Å². The van der Waals surface area contributed by atoms with E-state index in [9.17, 15) is 4.39 Å². The average Bonchev–Trinajstić information content (AvgIpc) is 2.96. The Morgan fingerprint density at radius 3 is 2.88 bits per heavy atom. The van der Waals surface area contributed by atoms with E-state index in [0.717, 1.165) is 42.9 Å². The number of likely N-dealkylation sites (tertiary alicyclic amines) is 1. The van der Waals surface area contributed by atoms with Gasteiger partial charge in [-0.1, -0.05) is 43.0 Å². The summed E-state index contributed by atoms with van der Waals surface area (Å²) in [5.74, 6) is 0.878. The molecule has 140 valence electrons. The van der Waals surface area contributed by atoms with E-state index in [1.165, 1.54) is 23.4 Å². The lowest BCUT2D eigenvalue weighted by molar-refractivity contribution is 0.357. The van der Waals surface area contributed by atoms with E-state index in [0.29, 0.717) is 6.04 Å². The second-order valence-corrected chi connectivity index (χ2v) is 8.19. The summed E-state index contributed by atoms with van der Waals surface area (Å²) < 4.78 is 12.9. The molecule has 0 saturated carbocycles. The van der Waals surface area contributed by atoms with E-state index < -0.39 is 0 Å². The molecular formula is C22H28FNS2. The van der Waals surface area contributed by atoms with Crippen molar-refractivity contribution in [1.29, 1.82) is 0 Å². The molecular weight excluding hydrogens is 361 g/mol. The van der Waals surface area contributed by atoms with Gasteiger partial charge in [0.2, 0.25) is 0 Å². The van der Waals surface area contributed by atoms with Crippen LogP contribution in [0.4, 0.5) is 4.39 Å². The van der Waals surface area contributed by atoms with Crippen LogP contribution in [0, 0.1) is 5.82 Å². The van der Waals surface area contributed by atoms with Gasteiger partial charge < -0.3 is 4.90 Å². The fraction of sp³-hybridized carbons (Fsp3) is 0.364. The molecule has 1 aromatic carbocycles. The van der Waals surface area contributed by atoms with E-state index >= 15 is 0 Å². The molecule has 1 aliphatic rings. The molecule has 1 aliphatic heterocycles. The van der Waals surface area contributed by atoms with Crippen molar-refractivity contribution in [3.05, 3.63) is 82.5 Å². The minimum Gasteiger partial charge on any atom is -0.368 e. The Hall–Kier alpha value is -1.39. The zero-order valence-corrected chi connectivity index (χ0v) is 17.1. The largest absolute Gasteiger partial charge is 0.368 e. The van der Waals surface area contributed by atoms with Crippen LogP contribution < -0.4 is 0 Å². The number of allylic oxidation sites excluding steroid dienone is 5. The molecule has 2 rings (SSSR count). The van der Waals surface area contributed by atoms with Gasteiger partial charge in [-0.25, -0.2) is 4.39 Å². The highest BCUT2D eigenvalue weighted by Crippen LogP contribution is 2.27. The van der Waals surface area contributed by atoms with E-state index in [1.54, 1.807) is 0 Å². The third-order valence-electron chi connectivity index (χ3n) is 4.37. The Kier molecular flexibility index (Phi) is 9.13. The Bertz CT molecular complexity index is 657. The third kappa shape index (κ3) is 7.46. The number of halogens is 1. The number of thiol groups is 1. The second-order valence-electron chi connectivity index (χ2n) is 6.47. The molecule has 1 aromatic rings. The smallest absolute Gasteiger partial charge is 0.123 e. The van der Waals surface area contributed by atoms with Gasteiger partial charge in [0.15, 0.2) is 0 Å². The maximum absolute atomic E-state index is 12.9. The lowest BCUT2D eigenvalue weighted by atomic mass is 10.1. The molecule has 0 N–H and O–H groups in total. The van der Waals surface area contributed by atoms with Crippen molar-refractivity contribution >= 4 is 24.4 Å². The molecule has 0 radical (unpaired) electrons. The normalized spacial score (nSPS) is 18.6. The molecule has 1 heterocycles. The highest BCUT2D eigenvalue weighted by atomic mass is 32.2. The summed E-state index contributed by atoms with van der Waals surface area (Å²) in [5.41, 5.74) is 2.42. The third-order valence-corrected chi connectivity index (χ3v) is 5.29. The summed E-state index contributed by atoms with van der Waals surface area (Å²) in [5, 5.41) is 2.12. The van der Waals surface area contributed by atoms with Crippen LogP contribution in [0.5, 0.6) is 0 Å². The summed E-state index contributed by atoms with van der Waals surface area (Å²) in [4.78, 5) is 3.44. The van der Waals surface area contributed by atoms with E-state index in [-0.39, 0.29) is 5.82 Å². The minimum absolute atomic E-state index is 0.172. The maximum atomic E-state index is 12.9. The topological polar surface area (TPSA) is 3.24 Å². The number of aryl methyl sites for hydroxylation is 1. The molecule has 1 atom stereocenters. The fourth-order valence-corrected chi connectivity index (χ4v) is 3.69. The van der Waals surface area contributed by atoms with Crippen LogP contribution >= 0.6 is 24.4 Å². The van der Waals surface area contributed by atoms with Gasteiger partial charge in [-0.05, 0) is 60.6 Å². The van der Waals surface area contributed by atoms with Crippen LogP contribution in [-0.4, -0.2) is 23.2 Å². The summed E-state index contributed by atoms with van der Waals surface area (Å²) in [6.07, 6.45) is 12.8. The highest BCUT2D eigenvalue weighted by Gasteiger charge is 2.23. The van der Waals surface area contributed by atoms with Crippen molar-refractivity contribution in [1.82, 2.24) is 4.90 Å². The molecule has 26 heavy (non-hydrogen) atoms. The first kappa shape index (κ1) is 20.9. The minimum atomic E-state index is -0.172. The number of thioether (sulfide) groups is 1. The molecule has 0 spiro atoms. The molecule has 0 bridgehead atoms. The first-order valence-corrected chi connectivity index (χ1v) is 10.6. The molecule has 1 nitrogen and oxygen atoms in total. The SMILES string of the molecule is C=C1CCC(/C=C/CCc2ccc(F)cc2)N1CCS/C=C/C=C(/C)S. The molecule has 1 fully saturated rings. The second kappa shape index (κ2) is 11.3. The van der Waals surface area contributed by atoms with Gasteiger partial charge in [0.25, 0.3) is 0 Å². The van der Waals surface area contributed by atoms with E-state index in [4.69, 9.17) is 0 Å². The lowest BCUT2D eigenvalue weighted by Gasteiger charge is -2.25. The number of hydrogen-bond acceptors (Lipinski definition) is 3. The molecule has 0 aromatic heterocycles. The van der Waals surface area contributed by atoms with Crippen LogP contribution in [0.15, 0.2) is 71.2 Å². The van der Waals surface area contributed by atoms with Crippen LogP contribution in [0.1, 0.15) is 31.7 Å². The van der Waals surface area contributed by atoms with Crippen LogP contribution in [0.3, 0.4) is 0 Å². The van der Waals surface area contributed by atoms with Crippen LogP contribution in [0.2, 0.25) is 0 Å². The van der Waals surface area contributed by atoms with Gasteiger partial charge in [-0.15, -0.1) is 24.4 Å². The predicted molar refractivity (Wildman–Crippen MR) is 117 cm³/mol. The van der Waals surface area contributed by atoms with Crippen molar-refractivity contribution in [3.8, 4) is 0 Å². The molecule has 0 aliphatic carbocycles. The van der Waals surface area contributed by atoms with E-state index in [1.807, 2.05) is 43.0 Å². The standard InChI is InChI=1S/C22H28FNS2/c1-18-9-14-22(24(18)15-17-26-16-5-6-19(2)25)8-4-3-7-20-10-12-21(23)13-11-20/h4-6,8,10-13,16,22,25H,1,3,7,9,14-15,17H2,2H3/b8-4+,16-5+,19-6-. The Balaban J connectivity index is 1.74. The van der Waals surface area contributed by atoms with Gasteiger partial charge >= 0.3 is 0 Å². The summed E-state index contributed by atoms with van der Waals surface area (Å²) in [7, 11) is 0. The van der Waals surface area contributed by atoms with Gasteiger partial charge in [0.1, 0.15) is 5.82 Å². The summed E-state index contributed by atoms with van der Waals surface area (Å²) >= 11 is 6.06. The Morgan fingerprint density at radius 2 is 2.15 bits per heavy atom. The molecule has 1 unspecified atom stereocenters. The Morgan fingerprint density at radius 1 is 1.38 bits per heavy atom. The van der Waals surface area contributed by atoms with Gasteiger partial charge in [0.05, 0.1) is 0 Å². The van der Waals surface area contributed by atoms with Gasteiger partial charge in [0, 0.05) is 24.0 Å². The summed E-state index contributed by atoms with van der Waals surface area (Å²) in [6.45, 7) is 7.21. The van der Waals surface area contributed by atoms with Crippen molar-refractivity contribution in [2.24, 2.45) is 0 Å². The molecule has 0 amide bonds. The monoisotopic (exact) mass is 389 g/mol. The quantitative estimate of drug-likeness (QED) is 0.226. The molecule has 4 heteroatoms. The lowest BCUT2D eigenvalue weighted by Crippen LogP contribution is -2.28. The van der Waals surface area contributed by atoms with Crippen molar-refractivity contribution < 1.29 is 4.39 Å². The zero-order chi connectivity index (χ0) is 18.8. The first-order chi connectivity index (χ1) is 12.6. The highest BCUT2D eigenvalue weighted by molar-refractivity contribution is 8.02. The van der Waals surface area contributed by atoms with Crippen molar-refractivity contribution in [3.63, 3.8) is 0 Å². The summed E-state index contributed by atoms with van der Waals surface area (Å²) in [6, 6.07) is 7.24. The fourth-order valence-electron chi connectivity index (χ4n) is 2.98. The van der Waals surface area contributed by atoms with Crippen LogP contribution in [-0.2, 0) is 6.42 Å². The van der Waals surface area contributed by atoms with Gasteiger partial charge in [-0.2, -0.15) is 0 Å². The zero-order valence-electron chi connectivity index (χ0n) is 15.4. The van der Waals surface area contributed by atoms with E-state index in [2.05, 4.69) is 41.7 Å². The maximum Gasteiger partial charge on any atom is 0.123 e.